The van der Waals surface area contributed by atoms with E-state index in [0.717, 1.165) is 25.1 Å². The van der Waals surface area contributed by atoms with E-state index in [-0.39, 0.29) is 11.6 Å². The second-order valence-corrected chi connectivity index (χ2v) is 5.07. The predicted molar refractivity (Wildman–Crippen MR) is 77.5 cm³/mol. The van der Waals surface area contributed by atoms with Gasteiger partial charge in [-0.05, 0) is 18.6 Å². The van der Waals surface area contributed by atoms with Crippen molar-refractivity contribution >= 4 is 5.95 Å². The quantitative estimate of drug-likeness (QED) is 0.854. The van der Waals surface area contributed by atoms with Crippen LogP contribution in [0.15, 0.2) is 35.4 Å². The first kappa shape index (κ1) is 12.8. The van der Waals surface area contributed by atoms with Gasteiger partial charge >= 0.3 is 0 Å². The van der Waals surface area contributed by atoms with Gasteiger partial charge in [0.1, 0.15) is 0 Å². The molecule has 0 aliphatic carbocycles. The Balaban J connectivity index is 2.06. The largest absolute Gasteiger partial charge is 0.341 e. The molecule has 1 saturated heterocycles. The molecular weight excluding hydrogens is 254 g/mol. The number of hydrogen-bond acceptors (Lipinski definition) is 5. The molecule has 0 unspecified atom stereocenters. The second kappa shape index (κ2) is 5.05. The molecule has 3 heterocycles. The molecule has 1 fully saturated rings. The molecule has 0 amide bonds. The molecule has 0 bridgehead atoms. The summed E-state index contributed by atoms with van der Waals surface area (Å²) in [4.78, 5) is 22.8. The Morgan fingerprint density at radius 3 is 2.75 bits per heavy atom. The third-order valence-corrected chi connectivity index (χ3v) is 3.59. The second-order valence-electron chi connectivity index (χ2n) is 5.07. The van der Waals surface area contributed by atoms with Gasteiger partial charge in [-0.15, -0.1) is 0 Å². The first-order valence-corrected chi connectivity index (χ1v) is 6.64. The van der Waals surface area contributed by atoms with Gasteiger partial charge in [0.15, 0.2) is 0 Å². The van der Waals surface area contributed by atoms with Gasteiger partial charge in [0, 0.05) is 50.2 Å². The minimum absolute atomic E-state index is 0.0673. The van der Waals surface area contributed by atoms with E-state index in [0.29, 0.717) is 11.6 Å². The molecule has 104 valence electrons. The molecule has 2 aromatic rings. The third kappa shape index (κ3) is 2.30. The first-order chi connectivity index (χ1) is 9.65. The monoisotopic (exact) mass is 271 g/mol. The highest BCUT2D eigenvalue weighted by Crippen LogP contribution is 2.20. The lowest BCUT2D eigenvalue weighted by molar-refractivity contribution is 0.737. The standard InChI is InChI=1S/C14H17N5O/c1-18-13(20)8-12(10-2-5-16-6-3-10)17-14(18)19-7-4-11(15)9-19/h2-3,5-6,8,11H,4,7,9,15H2,1H3/t11-/m1/s1. The highest BCUT2D eigenvalue weighted by molar-refractivity contribution is 5.59. The molecule has 0 aromatic carbocycles. The number of nitrogens with two attached hydrogens (primary N) is 1. The zero-order chi connectivity index (χ0) is 14.1. The Morgan fingerprint density at radius 2 is 2.10 bits per heavy atom. The van der Waals surface area contributed by atoms with Crippen LogP contribution in [0, 0.1) is 0 Å². The minimum atomic E-state index is -0.0673. The van der Waals surface area contributed by atoms with Crippen molar-refractivity contribution in [1.29, 1.82) is 0 Å². The normalized spacial score (nSPS) is 18.5. The van der Waals surface area contributed by atoms with Crippen LogP contribution >= 0.6 is 0 Å². The smallest absolute Gasteiger partial charge is 0.255 e. The fourth-order valence-corrected chi connectivity index (χ4v) is 2.45. The number of nitrogens with zero attached hydrogens (tertiary/aromatic N) is 4. The van der Waals surface area contributed by atoms with Crippen molar-refractivity contribution in [2.45, 2.75) is 12.5 Å². The topological polar surface area (TPSA) is 77.0 Å². The van der Waals surface area contributed by atoms with Gasteiger partial charge in [0.05, 0.1) is 5.69 Å². The van der Waals surface area contributed by atoms with E-state index in [1.807, 2.05) is 12.1 Å². The summed E-state index contributed by atoms with van der Waals surface area (Å²) < 4.78 is 1.57. The van der Waals surface area contributed by atoms with Gasteiger partial charge in [-0.2, -0.15) is 0 Å². The van der Waals surface area contributed by atoms with Gasteiger partial charge in [-0.25, -0.2) is 4.98 Å². The maximum absolute atomic E-state index is 12.1. The number of pyridine rings is 1. The molecular formula is C14H17N5O. The molecule has 0 saturated carbocycles. The van der Waals surface area contributed by atoms with Gasteiger partial charge in [-0.1, -0.05) is 0 Å². The van der Waals surface area contributed by atoms with Crippen LogP contribution in [0.1, 0.15) is 6.42 Å². The molecule has 2 N–H and O–H groups in total. The van der Waals surface area contributed by atoms with Crippen LogP contribution in [0.4, 0.5) is 5.95 Å². The Labute approximate surface area is 116 Å². The van der Waals surface area contributed by atoms with E-state index < -0.39 is 0 Å². The summed E-state index contributed by atoms with van der Waals surface area (Å²) in [5, 5.41) is 0. The lowest BCUT2D eigenvalue weighted by Gasteiger charge is -2.20. The van der Waals surface area contributed by atoms with Crippen LogP contribution in [0.5, 0.6) is 0 Å². The minimum Gasteiger partial charge on any atom is -0.341 e. The fourth-order valence-electron chi connectivity index (χ4n) is 2.45. The van der Waals surface area contributed by atoms with Crippen molar-refractivity contribution in [3.63, 3.8) is 0 Å². The Morgan fingerprint density at radius 1 is 1.35 bits per heavy atom. The number of hydrogen-bond donors (Lipinski definition) is 1. The lowest BCUT2D eigenvalue weighted by atomic mass is 10.2. The molecule has 20 heavy (non-hydrogen) atoms. The number of aromatic nitrogens is 3. The SMILES string of the molecule is Cn1c(N2CC[C@@H](N)C2)nc(-c2ccncc2)cc1=O. The van der Waals surface area contributed by atoms with Crippen LogP contribution in [-0.2, 0) is 7.05 Å². The maximum Gasteiger partial charge on any atom is 0.255 e. The number of rotatable bonds is 2. The van der Waals surface area contributed by atoms with Crippen LogP contribution in [0.2, 0.25) is 0 Å². The molecule has 3 rings (SSSR count). The van der Waals surface area contributed by atoms with Crippen LogP contribution < -0.4 is 16.2 Å². The number of anilines is 1. The van der Waals surface area contributed by atoms with Gasteiger partial charge < -0.3 is 10.6 Å². The van der Waals surface area contributed by atoms with E-state index in [1.165, 1.54) is 0 Å². The molecule has 2 aromatic heterocycles. The molecule has 0 spiro atoms. The van der Waals surface area contributed by atoms with E-state index in [4.69, 9.17) is 5.73 Å². The Hall–Kier alpha value is -2.21. The molecule has 6 nitrogen and oxygen atoms in total. The molecule has 0 radical (unpaired) electrons. The van der Waals surface area contributed by atoms with Crippen molar-refractivity contribution < 1.29 is 0 Å². The van der Waals surface area contributed by atoms with E-state index in [1.54, 1.807) is 30.1 Å². The summed E-state index contributed by atoms with van der Waals surface area (Å²) in [5.41, 5.74) is 7.43. The van der Waals surface area contributed by atoms with Crippen molar-refractivity contribution in [3.05, 3.63) is 40.9 Å². The van der Waals surface area contributed by atoms with E-state index >= 15 is 0 Å². The molecule has 1 aliphatic rings. The van der Waals surface area contributed by atoms with Crippen LogP contribution in [-0.4, -0.2) is 33.7 Å². The van der Waals surface area contributed by atoms with Crippen LogP contribution in [0.3, 0.4) is 0 Å². The van der Waals surface area contributed by atoms with E-state index in [2.05, 4.69) is 14.9 Å². The Kier molecular flexibility index (Phi) is 3.23. The van der Waals surface area contributed by atoms with Crippen molar-refractivity contribution in [2.75, 3.05) is 18.0 Å². The predicted octanol–water partition coefficient (Wildman–Crippen LogP) is 0.380. The van der Waals surface area contributed by atoms with Crippen LogP contribution in [0.25, 0.3) is 11.3 Å². The summed E-state index contributed by atoms with van der Waals surface area (Å²) in [5.74, 6) is 0.678. The Bertz CT molecular complexity index is 667. The lowest BCUT2D eigenvalue weighted by Crippen LogP contribution is -2.32. The summed E-state index contributed by atoms with van der Waals surface area (Å²) >= 11 is 0. The highest BCUT2D eigenvalue weighted by atomic mass is 16.1. The maximum atomic E-state index is 12.1. The van der Waals surface area contributed by atoms with Crippen molar-refractivity contribution in [2.24, 2.45) is 12.8 Å². The first-order valence-electron chi connectivity index (χ1n) is 6.64. The molecule has 6 heteroatoms. The van der Waals surface area contributed by atoms with Crippen molar-refractivity contribution in [1.82, 2.24) is 14.5 Å². The van der Waals surface area contributed by atoms with Gasteiger partial charge in [0.25, 0.3) is 5.56 Å². The van der Waals surface area contributed by atoms with Gasteiger partial charge in [0.2, 0.25) is 5.95 Å². The fraction of sp³-hybridized carbons (Fsp3) is 0.357. The average molecular weight is 271 g/mol. The van der Waals surface area contributed by atoms with Crippen molar-refractivity contribution in [3.8, 4) is 11.3 Å². The summed E-state index contributed by atoms with van der Waals surface area (Å²) in [6.45, 7) is 1.57. The zero-order valence-electron chi connectivity index (χ0n) is 11.4. The molecule has 1 aliphatic heterocycles. The molecule has 1 atom stereocenters. The summed E-state index contributed by atoms with van der Waals surface area (Å²) in [6.07, 6.45) is 4.31. The highest BCUT2D eigenvalue weighted by Gasteiger charge is 2.23. The van der Waals surface area contributed by atoms with Gasteiger partial charge in [-0.3, -0.25) is 14.3 Å². The summed E-state index contributed by atoms with van der Waals surface area (Å²) in [6, 6.07) is 5.40. The summed E-state index contributed by atoms with van der Waals surface area (Å²) in [7, 11) is 1.74. The van der Waals surface area contributed by atoms with E-state index in [9.17, 15) is 4.79 Å². The average Bonchev–Trinajstić information content (AvgIpc) is 2.89. The zero-order valence-corrected chi connectivity index (χ0v) is 11.4. The third-order valence-electron chi connectivity index (χ3n) is 3.59.